The summed E-state index contributed by atoms with van der Waals surface area (Å²) in [5, 5.41) is 22.3. The van der Waals surface area contributed by atoms with Crippen molar-refractivity contribution in [2.75, 3.05) is 0 Å². The molecule has 0 fully saturated rings. The Hall–Kier alpha value is -1.98. The van der Waals surface area contributed by atoms with E-state index in [9.17, 15) is 15.3 Å². The molecule has 13 heavy (non-hydrogen) atoms. The molecular formula is C7H7N3O3. The molecule has 6 nitrogen and oxygen atoms in total. The number of benzene rings is 1. The van der Waals surface area contributed by atoms with Gasteiger partial charge in [-0.25, -0.2) is 10.1 Å². The van der Waals surface area contributed by atoms with E-state index < -0.39 is 5.03 Å². The van der Waals surface area contributed by atoms with E-state index in [0.717, 1.165) is 5.56 Å². The van der Waals surface area contributed by atoms with E-state index in [0.29, 0.717) is 0 Å². The second kappa shape index (κ2) is 3.61. The Morgan fingerprint density at radius 1 is 1.23 bits per heavy atom. The highest BCUT2D eigenvalue weighted by molar-refractivity contribution is 5.31. The van der Waals surface area contributed by atoms with Crippen molar-refractivity contribution in [2.45, 2.75) is 6.92 Å². The Balaban J connectivity index is 2.96. The molecule has 1 rings (SSSR count). The Kier molecular flexibility index (Phi) is 2.53. The lowest BCUT2D eigenvalue weighted by Gasteiger charge is -1.94. The fourth-order valence-corrected chi connectivity index (χ4v) is 0.790. The van der Waals surface area contributed by atoms with Gasteiger partial charge in [0.25, 0.3) is 10.7 Å². The van der Waals surface area contributed by atoms with E-state index in [1.807, 2.05) is 6.92 Å². The number of nitro groups is 1. The fourth-order valence-electron chi connectivity index (χ4n) is 0.790. The van der Waals surface area contributed by atoms with E-state index >= 15 is 0 Å². The minimum absolute atomic E-state index is 0.0283. The van der Waals surface area contributed by atoms with Crippen LogP contribution in [0, 0.1) is 22.2 Å². The van der Waals surface area contributed by atoms with Gasteiger partial charge in [0, 0.05) is 17.0 Å². The van der Waals surface area contributed by atoms with Gasteiger partial charge in [-0.05, 0) is 6.92 Å². The van der Waals surface area contributed by atoms with Gasteiger partial charge in [-0.1, -0.05) is 17.7 Å². The van der Waals surface area contributed by atoms with Gasteiger partial charge in [-0.15, -0.1) is 0 Å². The van der Waals surface area contributed by atoms with Crippen molar-refractivity contribution in [1.82, 2.24) is 0 Å². The van der Waals surface area contributed by atoms with Crippen LogP contribution in [-0.4, -0.2) is 9.89 Å². The van der Waals surface area contributed by atoms with Crippen LogP contribution in [-0.2, 0) is 0 Å². The third-order valence-corrected chi connectivity index (χ3v) is 1.41. The van der Waals surface area contributed by atoms with Crippen molar-refractivity contribution >= 4 is 5.69 Å². The Labute approximate surface area is 73.8 Å². The van der Waals surface area contributed by atoms with Crippen LogP contribution >= 0.6 is 0 Å². The monoisotopic (exact) mass is 181 g/mol. The van der Waals surface area contributed by atoms with Gasteiger partial charge in [0.2, 0.25) is 0 Å². The number of aryl methyl sites for hydroxylation is 1. The zero-order chi connectivity index (χ0) is 9.84. The van der Waals surface area contributed by atoms with E-state index in [4.69, 9.17) is 0 Å². The maximum atomic E-state index is 10.9. The van der Waals surface area contributed by atoms with Crippen molar-refractivity contribution in [3.63, 3.8) is 0 Å². The summed E-state index contributed by atoms with van der Waals surface area (Å²) in [5.74, 6) is 0. The number of rotatable bonds is 2. The molecule has 0 unspecified atom stereocenters. The molecule has 0 aliphatic rings. The first-order chi connectivity index (χ1) is 6.09. The van der Waals surface area contributed by atoms with Crippen LogP contribution in [0.15, 0.2) is 29.5 Å². The average Bonchev–Trinajstić information content (AvgIpc) is 2.04. The maximum absolute atomic E-state index is 10.9. The van der Waals surface area contributed by atoms with Crippen molar-refractivity contribution in [3.05, 3.63) is 45.2 Å². The van der Waals surface area contributed by atoms with E-state index in [-0.39, 0.29) is 10.5 Å². The SMILES string of the molecule is Cc1ccc([N+]([O-])=N[N+](=O)[O-])cc1. The molecule has 0 bridgehead atoms. The molecule has 1 aromatic rings. The lowest BCUT2D eigenvalue weighted by atomic mass is 10.2. The highest BCUT2D eigenvalue weighted by atomic mass is 16.7. The Bertz CT molecular complexity index is 345. The predicted molar refractivity (Wildman–Crippen MR) is 43.9 cm³/mol. The second-order valence-corrected chi connectivity index (χ2v) is 2.44. The van der Waals surface area contributed by atoms with Crippen molar-refractivity contribution < 1.29 is 9.89 Å². The van der Waals surface area contributed by atoms with Crippen LogP contribution in [0.5, 0.6) is 0 Å². The summed E-state index contributed by atoms with van der Waals surface area (Å²) in [6, 6.07) is 6.29. The van der Waals surface area contributed by atoms with Gasteiger partial charge in [-0.3, -0.25) is 0 Å². The summed E-state index contributed by atoms with van der Waals surface area (Å²) < 4.78 is 0. The molecule has 0 aliphatic heterocycles. The van der Waals surface area contributed by atoms with E-state index in [1.54, 1.807) is 12.1 Å². The maximum Gasteiger partial charge on any atom is 0.349 e. The summed E-state index contributed by atoms with van der Waals surface area (Å²) in [7, 11) is 0. The topological polar surface area (TPSA) is 81.6 Å². The fraction of sp³-hybridized carbons (Fsp3) is 0.143. The van der Waals surface area contributed by atoms with E-state index in [1.165, 1.54) is 12.1 Å². The number of hydrogen-bond acceptors (Lipinski definition) is 3. The van der Waals surface area contributed by atoms with Gasteiger partial charge < -0.3 is 5.21 Å². The smallest absolute Gasteiger partial charge is 0.349 e. The minimum Gasteiger partial charge on any atom is -0.590 e. The quantitative estimate of drug-likeness (QED) is 0.302. The second-order valence-electron chi connectivity index (χ2n) is 2.44. The van der Waals surface area contributed by atoms with Gasteiger partial charge in [0.15, 0.2) is 0 Å². The number of hydrogen-bond donors (Lipinski definition) is 0. The standard InChI is InChI=1S/C7H7N3O3/c1-6-2-4-7(5-3-6)9(11)8-10(12)13/h2-5H,1H3. The van der Waals surface area contributed by atoms with Crippen molar-refractivity contribution in [1.29, 1.82) is 0 Å². The molecule has 6 heteroatoms. The van der Waals surface area contributed by atoms with Crippen molar-refractivity contribution in [2.24, 2.45) is 5.22 Å². The third kappa shape index (κ3) is 2.51. The van der Waals surface area contributed by atoms with Crippen molar-refractivity contribution in [3.8, 4) is 0 Å². The molecule has 0 N–H and O–H groups in total. The summed E-state index contributed by atoms with van der Waals surface area (Å²) in [6.07, 6.45) is 0. The molecule has 0 heterocycles. The zero-order valence-corrected chi connectivity index (χ0v) is 6.88. The van der Waals surface area contributed by atoms with Gasteiger partial charge in [-0.2, -0.15) is 0 Å². The summed E-state index contributed by atoms with van der Waals surface area (Å²) >= 11 is 0. The molecule has 1 aromatic carbocycles. The van der Waals surface area contributed by atoms with Gasteiger partial charge in [0.05, 0.1) is 0 Å². The van der Waals surface area contributed by atoms with Crippen LogP contribution in [0.3, 0.4) is 0 Å². The molecule has 0 amide bonds. The normalized spacial score (nSPS) is 11.3. The first-order valence-electron chi connectivity index (χ1n) is 3.49. The predicted octanol–water partition coefficient (Wildman–Crippen LogP) is 1.78. The summed E-state index contributed by atoms with van der Waals surface area (Å²) in [4.78, 5) is 9.82. The molecule has 0 saturated carbocycles. The molecule has 0 atom stereocenters. The lowest BCUT2D eigenvalue weighted by Crippen LogP contribution is -1.96. The molecule has 0 aliphatic carbocycles. The Morgan fingerprint density at radius 2 is 1.77 bits per heavy atom. The lowest BCUT2D eigenvalue weighted by molar-refractivity contribution is -0.642. The van der Waals surface area contributed by atoms with E-state index in [2.05, 4.69) is 5.22 Å². The molecule has 0 saturated heterocycles. The molecule has 68 valence electrons. The molecule has 0 radical (unpaired) electrons. The van der Waals surface area contributed by atoms with Crippen LogP contribution in [0.2, 0.25) is 0 Å². The molecule has 0 spiro atoms. The van der Waals surface area contributed by atoms with Crippen LogP contribution in [0.25, 0.3) is 0 Å². The third-order valence-electron chi connectivity index (χ3n) is 1.41. The Morgan fingerprint density at radius 3 is 2.23 bits per heavy atom. The summed E-state index contributed by atoms with van der Waals surface area (Å²) in [5.41, 5.74) is 1.11. The molecule has 0 aromatic heterocycles. The number of nitrogens with zero attached hydrogens (tertiary/aromatic N) is 3. The van der Waals surface area contributed by atoms with Crippen LogP contribution in [0.1, 0.15) is 5.56 Å². The highest BCUT2D eigenvalue weighted by Gasteiger charge is 2.06. The largest absolute Gasteiger partial charge is 0.590 e. The minimum atomic E-state index is -1.03. The first kappa shape index (κ1) is 9.11. The zero-order valence-electron chi connectivity index (χ0n) is 6.88. The molecular weight excluding hydrogens is 174 g/mol. The van der Waals surface area contributed by atoms with Crippen LogP contribution < -0.4 is 0 Å². The first-order valence-corrected chi connectivity index (χ1v) is 3.49. The average molecular weight is 181 g/mol. The van der Waals surface area contributed by atoms with Gasteiger partial charge >= 0.3 is 5.22 Å². The van der Waals surface area contributed by atoms with Gasteiger partial charge in [0.1, 0.15) is 0 Å². The highest BCUT2D eigenvalue weighted by Crippen LogP contribution is 2.11. The summed E-state index contributed by atoms with van der Waals surface area (Å²) in [6.45, 7) is 1.85. The van der Waals surface area contributed by atoms with Crippen LogP contribution in [0.4, 0.5) is 5.69 Å².